The molecule has 7 heteroatoms. The van der Waals surface area contributed by atoms with Crippen molar-refractivity contribution >= 4 is 11.9 Å². The Labute approximate surface area is 182 Å². The number of esters is 1. The van der Waals surface area contributed by atoms with Crippen LogP contribution in [0.4, 0.5) is 0 Å². The van der Waals surface area contributed by atoms with Crippen LogP contribution < -0.4 is 19.5 Å². The molecular weight excluding hydrogens is 398 g/mol. The zero-order chi connectivity index (χ0) is 22.8. The number of hydrogen-bond acceptors (Lipinski definition) is 6. The lowest BCUT2D eigenvalue weighted by Crippen LogP contribution is -2.41. The predicted molar refractivity (Wildman–Crippen MR) is 117 cm³/mol. The Morgan fingerprint density at radius 1 is 1.06 bits per heavy atom. The molecule has 0 saturated heterocycles. The van der Waals surface area contributed by atoms with E-state index in [0.717, 1.165) is 11.1 Å². The van der Waals surface area contributed by atoms with Gasteiger partial charge in [0.2, 0.25) is 5.75 Å². The quantitative estimate of drug-likeness (QED) is 0.639. The number of ether oxygens (including phenoxy) is 4. The van der Waals surface area contributed by atoms with Crippen molar-refractivity contribution in [2.24, 2.45) is 0 Å². The van der Waals surface area contributed by atoms with Crippen LogP contribution in [0, 0.1) is 0 Å². The van der Waals surface area contributed by atoms with E-state index in [4.69, 9.17) is 18.9 Å². The maximum absolute atomic E-state index is 12.8. The van der Waals surface area contributed by atoms with E-state index >= 15 is 0 Å². The molecule has 1 amide bonds. The highest BCUT2D eigenvalue weighted by atomic mass is 16.6. The van der Waals surface area contributed by atoms with Crippen molar-refractivity contribution < 1.29 is 28.5 Å². The van der Waals surface area contributed by atoms with E-state index in [9.17, 15) is 9.59 Å². The zero-order valence-corrected chi connectivity index (χ0v) is 18.8. The van der Waals surface area contributed by atoms with E-state index in [1.54, 1.807) is 26.0 Å². The fourth-order valence-corrected chi connectivity index (χ4v) is 3.42. The SMILES string of the molecule is CCC(C)OC(=O)C(C)(C)Oc1c(-c2cccc3c2CNC3=O)ccc(OC)c1OC. The number of nitrogens with one attached hydrogen (secondary N) is 1. The number of carbonyl (C=O) groups is 2. The molecule has 7 nitrogen and oxygen atoms in total. The maximum Gasteiger partial charge on any atom is 0.350 e. The third-order valence-corrected chi connectivity index (χ3v) is 5.37. The van der Waals surface area contributed by atoms with E-state index < -0.39 is 11.6 Å². The highest BCUT2D eigenvalue weighted by molar-refractivity contribution is 6.01. The summed E-state index contributed by atoms with van der Waals surface area (Å²) in [6.45, 7) is 7.50. The zero-order valence-electron chi connectivity index (χ0n) is 18.8. The van der Waals surface area contributed by atoms with Crippen molar-refractivity contribution in [1.29, 1.82) is 0 Å². The molecule has 31 heavy (non-hydrogen) atoms. The minimum Gasteiger partial charge on any atom is -0.493 e. The van der Waals surface area contributed by atoms with E-state index in [1.807, 2.05) is 32.0 Å². The van der Waals surface area contributed by atoms with Gasteiger partial charge in [0.1, 0.15) is 0 Å². The molecule has 1 heterocycles. The van der Waals surface area contributed by atoms with Gasteiger partial charge in [-0.1, -0.05) is 19.1 Å². The van der Waals surface area contributed by atoms with E-state index in [2.05, 4.69) is 5.32 Å². The molecule has 1 unspecified atom stereocenters. The first-order chi connectivity index (χ1) is 14.7. The average Bonchev–Trinajstić information content (AvgIpc) is 3.14. The second-order valence-electron chi connectivity index (χ2n) is 7.93. The van der Waals surface area contributed by atoms with Crippen LogP contribution >= 0.6 is 0 Å². The lowest BCUT2D eigenvalue weighted by atomic mass is 9.95. The fraction of sp³-hybridized carbons (Fsp3) is 0.417. The van der Waals surface area contributed by atoms with Crippen LogP contribution in [0.3, 0.4) is 0 Å². The summed E-state index contributed by atoms with van der Waals surface area (Å²) >= 11 is 0. The molecule has 1 aliphatic heterocycles. The third-order valence-electron chi connectivity index (χ3n) is 5.37. The van der Waals surface area contributed by atoms with Crippen molar-refractivity contribution in [2.75, 3.05) is 14.2 Å². The molecule has 0 radical (unpaired) electrons. The Bertz CT molecular complexity index is 998. The Morgan fingerprint density at radius 3 is 2.42 bits per heavy atom. The van der Waals surface area contributed by atoms with Crippen molar-refractivity contribution in [3.8, 4) is 28.4 Å². The van der Waals surface area contributed by atoms with Crippen LogP contribution in [0.2, 0.25) is 0 Å². The molecule has 0 bridgehead atoms. The van der Waals surface area contributed by atoms with Gasteiger partial charge in [-0.25, -0.2) is 4.79 Å². The van der Waals surface area contributed by atoms with Gasteiger partial charge in [-0.05, 0) is 56.5 Å². The van der Waals surface area contributed by atoms with Gasteiger partial charge in [-0.15, -0.1) is 0 Å². The van der Waals surface area contributed by atoms with Crippen molar-refractivity contribution in [1.82, 2.24) is 5.32 Å². The first kappa shape index (κ1) is 22.5. The normalized spacial score (nSPS) is 13.8. The van der Waals surface area contributed by atoms with E-state index in [-0.39, 0.29) is 12.0 Å². The molecule has 1 N–H and O–H groups in total. The van der Waals surface area contributed by atoms with Gasteiger partial charge in [0.25, 0.3) is 5.91 Å². The van der Waals surface area contributed by atoms with Crippen LogP contribution in [-0.4, -0.2) is 37.8 Å². The smallest absolute Gasteiger partial charge is 0.350 e. The van der Waals surface area contributed by atoms with E-state index in [1.165, 1.54) is 14.2 Å². The standard InChI is InChI=1S/C24H29NO6/c1-7-14(2)30-23(27)24(3,4)31-20-16(11-12-19(28-5)21(20)29-6)15-9-8-10-17-18(15)13-25-22(17)26/h8-12,14H,7,13H2,1-6H3,(H,25,26). The van der Waals surface area contributed by atoms with Crippen LogP contribution in [0.25, 0.3) is 11.1 Å². The lowest BCUT2D eigenvalue weighted by Gasteiger charge is -2.29. The van der Waals surface area contributed by atoms with Crippen LogP contribution in [-0.2, 0) is 16.1 Å². The molecule has 1 aliphatic rings. The minimum atomic E-state index is -1.29. The molecule has 3 rings (SSSR count). The largest absolute Gasteiger partial charge is 0.493 e. The molecule has 2 aromatic carbocycles. The molecule has 0 aliphatic carbocycles. The van der Waals surface area contributed by atoms with Gasteiger partial charge in [-0.2, -0.15) is 0 Å². The summed E-state index contributed by atoms with van der Waals surface area (Å²) in [4.78, 5) is 25.0. The molecule has 2 aromatic rings. The van der Waals surface area contributed by atoms with Crippen LogP contribution in [0.15, 0.2) is 30.3 Å². The summed E-state index contributed by atoms with van der Waals surface area (Å²) in [6.07, 6.45) is 0.476. The lowest BCUT2D eigenvalue weighted by molar-refractivity contribution is -0.164. The number of methoxy groups -OCH3 is 2. The second-order valence-corrected chi connectivity index (χ2v) is 7.93. The highest BCUT2D eigenvalue weighted by Crippen LogP contribution is 2.47. The first-order valence-electron chi connectivity index (χ1n) is 10.3. The number of rotatable bonds is 8. The van der Waals surface area contributed by atoms with Gasteiger partial charge >= 0.3 is 5.97 Å². The summed E-state index contributed by atoms with van der Waals surface area (Å²) in [7, 11) is 3.05. The number of fused-ring (bicyclic) bond motifs is 1. The number of carbonyl (C=O) groups excluding carboxylic acids is 2. The molecule has 0 saturated carbocycles. The Kier molecular flexibility index (Phi) is 6.43. The molecular formula is C24H29NO6. The number of hydrogen-bond donors (Lipinski definition) is 1. The summed E-state index contributed by atoms with van der Waals surface area (Å²) in [5.74, 6) is 0.583. The second kappa shape index (κ2) is 8.88. The predicted octanol–water partition coefficient (Wildman–Crippen LogP) is 4.11. The van der Waals surface area contributed by atoms with Gasteiger partial charge < -0.3 is 24.3 Å². The maximum atomic E-state index is 12.8. The van der Waals surface area contributed by atoms with Crippen LogP contribution in [0.1, 0.15) is 50.0 Å². The summed E-state index contributed by atoms with van der Waals surface area (Å²) in [5.41, 5.74) is 1.70. The Balaban J connectivity index is 2.13. The van der Waals surface area contributed by atoms with Crippen LogP contribution in [0.5, 0.6) is 17.2 Å². The van der Waals surface area contributed by atoms with Gasteiger partial charge in [0.15, 0.2) is 17.1 Å². The minimum absolute atomic E-state index is 0.114. The molecule has 0 spiro atoms. The summed E-state index contributed by atoms with van der Waals surface area (Å²) in [5, 5.41) is 2.85. The Morgan fingerprint density at radius 2 is 1.77 bits per heavy atom. The molecule has 1 atom stereocenters. The van der Waals surface area contributed by atoms with Crippen molar-refractivity contribution in [3.63, 3.8) is 0 Å². The molecule has 0 aromatic heterocycles. The Hall–Kier alpha value is -3.22. The monoisotopic (exact) mass is 427 g/mol. The number of amides is 1. The van der Waals surface area contributed by atoms with E-state index in [0.29, 0.717) is 41.3 Å². The fourth-order valence-electron chi connectivity index (χ4n) is 3.42. The van der Waals surface area contributed by atoms with Gasteiger partial charge in [0, 0.05) is 17.7 Å². The van der Waals surface area contributed by atoms with Gasteiger partial charge in [0.05, 0.1) is 20.3 Å². The van der Waals surface area contributed by atoms with Crippen molar-refractivity contribution in [2.45, 2.75) is 52.4 Å². The average molecular weight is 427 g/mol. The van der Waals surface area contributed by atoms with Crippen molar-refractivity contribution in [3.05, 3.63) is 41.5 Å². The topological polar surface area (TPSA) is 83.1 Å². The third kappa shape index (κ3) is 4.31. The first-order valence-corrected chi connectivity index (χ1v) is 10.3. The number of benzene rings is 2. The summed E-state index contributed by atoms with van der Waals surface area (Å²) < 4.78 is 22.8. The highest BCUT2D eigenvalue weighted by Gasteiger charge is 2.36. The molecule has 166 valence electrons. The molecule has 0 fully saturated rings. The van der Waals surface area contributed by atoms with Gasteiger partial charge in [-0.3, -0.25) is 4.79 Å². The summed E-state index contributed by atoms with van der Waals surface area (Å²) in [6, 6.07) is 9.13.